The second kappa shape index (κ2) is 4.51. The van der Waals surface area contributed by atoms with Crippen molar-refractivity contribution in [1.29, 1.82) is 0 Å². The predicted molar refractivity (Wildman–Crippen MR) is 73.0 cm³/mol. The molecule has 1 aliphatic carbocycles. The summed E-state index contributed by atoms with van der Waals surface area (Å²) in [6.45, 7) is 0. The number of carboxylic acids is 1. The number of carboxylic acid groups (broad SMARTS) is 1. The molecule has 3 rings (SSSR count). The van der Waals surface area contributed by atoms with Gasteiger partial charge in [-0.1, -0.05) is 0 Å². The molecule has 98 valence electrons. The fourth-order valence-electron chi connectivity index (χ4n) is 2.05. The molecule has 4 N–H and O–H groups in total. The molecule has 6 nitrogen and oxygen atoms in total. The number of aromatic nitrogens is 2. The highest BCUT2D eigenvalue weighted by Gasteiger charge is 2.17. The lowest BCUT2D eigenvalue weighted by atomic mass is 10.2. The van der Waals surface area contributed by atoms with E-state index in [1.807, 2.05) is 0 Å². The molecule has 0 saturated carbocycles. The average Bonchev–Trinajstić information content (AvgIpc) is 2.92. The van der Waals surface area contributed by atoms with Gasteiger partial charge in [-0.05, 0) is 25.3 Å². The molecule has 0 spiro atoms. The third-order valence-corrected chi connectivity index (χ3v) is 4.06. The fourth-order valence-corrected chi connectivity index (χ4v) is 3.10. The van der Waals surface area contributed by atoms with Crippen molar-refractivity contribution in [2.75, 3.05) is 11.1 Å². The minimum Gasteiger partial charge on any atom is -0.478 e. The van der Waals surface area contributed by atoms with E-state index in [0.717, 1.165) is 23.7 Å². The van der Waals surface area contributed by atoms with E-state index in [0.29, 0.717) is 11.5 Å². The van der Waals surface area contributed by atoms with E-state index in [2.05, 4.69) is 15.3 Å². The van der Waals surface area contributed by atoms with Crippen LogP contribution in [0.2, 0.25) is 0 Å². The van der Waals surface area contributed by atoms with E-state index in [-0.39, 0.29) is 5.56 Å². The number of hydrogen-bond acceptors (Lipinski definition) is 6. The zero-order valence-corrected chi connectivity index (χ0v) is 10.8. The predicted octanol–water partition coefficient (Wildman–Crippen LogP) is 2.05. The number of pyridine rings is 1. The zero-order valence-electron chi connectivity index (χ0n) is 10.0. The molecule has 1 aliphatic rings. The third kappa shape index (κ3) is 2.24. The number of aromatic carboxylic acids is 1. The number of aryl methyl sites for hydroxylation is 2. The number of carbonyl (C=O) groups is 1. The van der Waals surface area contributed by atoms with Crippen LogP contribution in [-0.4, -0.2) is 21.0 Å². The number of thiazole rings is 1. The van der Waals surface area contributed by atoms with Crippen molar-refractivity contribution < 1.29 is 9.90 Å². The maximum atomic E-state index is 10.8. The molecule has 0 bridgehead atoms. The summed E-state index contributed by atoms with van der Waals surface area (Å²) >= 11 is 1.60. The van der Waals surface area contributed by atoms with Crippen molar-refractivity contribution in [2.45, 2.75) is 19.3 Å². The van der Waals surface area contributed by atoms with Crippen molar-refractivity contribution in [3.05, 3.63) is 28.4 Å². The number of fused-ring (bicyclic) bond motifs is 1. The second-order valence-corrected chi connectivity index (χ2v) is 5.42. The molecule has 0 amide bonds. The molecule has 0 aromatic carbocycles. The number of hydrogen-bond donors (Lipinski definition) is 3. The van der Waals surface area contributed by atoms with Crippen LogP contribution in [0.15, 0.2) is 12.3 Å². The maximum absolute atomic E-state index is 10.8. The SMILES string of the molecule is Nc1cc(C(=O)O)cnc1Nc1nc2c(s1)CCC2. The van der Waals surface area contributed by atoms with Crippen LogP contribution in [0.3, 0.4) is 0 Å². The molecule has 7 heteroatoms. The molecule has 0 fully saturated rings. The topological polar surface area (TPSA) is 101 Å². The van der Waals surface area contributed by atoms with Crippen molar-refractivity contribution in [2.24, 2.45) is 0 Å². The Hall–Kier alpha value is -2.15. The quantitative estimate of drug-likeness (QED) is 0.793. The molecule has 0 atom stereocenters. The minimum atomic E-state index is -1.04. The van der Waals surface area contributed by atoms with Crippen molar-refractivity contribution in [3.63, 3.8) is 0 Å². The normalized spacial score (nSPS) is 13.3. The molecule has 2 aromatic rings. The highest BCUT2D eigenvalue weighted by atomic mass is 32.1. The highest BCUT2D eigenvalue weighted by molar-refractivity contribution is 7.15. The summed E-state index contributed by atoms with van der Waals surface area (Å²) in [4.78, 5) is 20.6. The van der Waals surface area contributed by atoms with Crippen molar-refractivity contribution >= 4 is 33.9 Å². The van der Waals surface area contributed by atoms with Gasteiger partial charge >= 0.3 is 5.97 Å². The van der Waals surface area contributed by atoms with E-state index in [9.17, 15) is 4.79 Å². The summed E-state index contributed by atoms with van der Waals surface area (Å²) in [6.07, 6.45) is 4.55. The first-order valence-electron chi connectivity index (χ1n) is 5.88. The first-order valence-corrected chi connectivity index (χ1v) is 6.69. The number of rotatable bonds is 3. The van der Waals surface area contributed by atoms with Crippen LogP contribution >= 0.6 is 11.3 Å². The van der Waals surface area contributed by atoms with Gasteiger partial charge in [0, 0.05) is 11.1 Å². The maximum Gasteiger partial charge on any atom is 0.337 e. The van der Waals surface area contributed by atoms with Gasteiger partial charge in [0.2, 0.25) is 0 Å². The van der Waals surface area contributed by atoms with Gasteiger partial charge < -0.3 is 16.2 Å². The number of nitrogens with zero attached hydrogens (tertiary/aromatic N) is 2. The molecule has 0 radical (unpaired) electrons. The van der Waals surface area contributed by atoms with Crippen LogP contribution in [0.5, 0.6) is 0 Å². The molecular formula is C12H12N4O2S. The number of nitrogens with two attached hydrogens (primary N) is 1. The first-order chi connectivity index (χ1) is 9.13. The zero-order chi connectivity index (χ0) is 13.4. The van der Waals surface area contributed by atoms with Crippen LogP contribution in [-0.2, 0) is 12.8 Å². The summed E-state index contributed by atoms with van der Waals surface area (Å²) in [5, 5.41) is 12.6. The van der Waals surface area contributed by atoms with Crippen LogP contribution in [0.1, 0.15) is 27.3 Å². The summed E-state index contributed by atoms with van der Waals surface area (Å²) in [5.41, 5.74) is 7.31. The lowest BCUT2D eigenvalue weighted by Crippen LogP contribution is -2.03. The summed E-state index contributed by atoms with van der Waals surface area (Å²) in [5.74, 6) is -0.601. The molecule has 0 unspecified atom stereocenters. The van der Waals surface area contributed by atoms with E-state index < -0.39 is 5.97 Å². The first kappa shape index (κ1) is 11.9. The smallest absolute Gasteiger partial charge is 0.337 e. The standard InChI is InChI=1S/C12H12N4O2S/c13-7-4-6(11(17)18)5-14-10(7)16-12-15-8-2-1-3-9(8)19-12/h4-5H,1-3,13H2,(H,17,18)(H,14,15,16). The Morgan fingerprint density at radius 3 is 3.00 bits per heavy atom. The molecule has 0 aliphatic heterocycles. The van der Waals surface area contributed by atoms with Gasteiger partial charge in [-0.15, -0.1) is 11.3 Å². The highest BCUT2D eigenvalue weighted by Crippen LogP contribution is 2.32. The molecular weight excluding hydrogens is 264 g/mol. The Labute approximate surface area is 113 Å². The largest absolute Gasteiger partial charge is 0.478 e. The van der Waals surface area contributed by atoms with E-state index >= 15 is 0 Å². The Kier molecular flexibility index (Phi) is 2.83. The average molecular weight is 276 g/mol. The molecule has 19 heavy (non-hydrogen) atoms. The Morgan fingerprint density at radius 2 is 2.32 bits per heavy atom. The minimum absolute atomic E-state index is 0.0738. The number of anilines is 3. The van der Waals surface area contributed by atoms with Crippen LogP contribution in [0, 0.1) is 0 Å². The van der Waals surface area contributed by atoms with E-state index in [1.165, 1.54) is 23.6 Å². The van der Waals surface area contributed by atoms with Crippen LogP contribution in [0.4, 0.5) is 16.6 Å². The summed E-state index contributed by atoms with van der Waals surface area (Å²) in [7, 11) is 0. The van der Waals surface area contributed by atoms with Gasteiger partial charge in [-0.25, -0.2) is 14.8 Å². The van der Waals surface area contributed by atoms with E-state index in [4.69, 9.17) is 10.8 Å². The van der Waals surface area contributed by atoms with Gasteiger partial charge in [0.1, 0.15) is 0 Å². The lowest BCUT2D eigenvalue weighted by Gasteiger charge is -2.06. The Morgan fingerprint density at radius 1 is 1.47 bits per heavy atom. The molecule has 0 saturated heterocycles. The summed E-state index contributed by atoms with van der Waals surface area (Å²) in [6, 6.07) is 1.39. The van der Waals surface area contributed by atoms with Gasteiger partial charge in [-0.2, -0.15) is 0 Å². The van der Waals surface area contributed by atoms with Gasteiger partial charge in [0.25, 0.3) is 0 Å². The number of nitrogen functional groups attached to an aromatic ring is 1. The third-order valence-electron chi connectivity index (χ3n) is 2.99. The summed E-state index contributed by atoms with van der Waals surface area (Å²) < 4.78 is 0. The van der Waals surface area contributed by atoms with Crippen molar-refractivity contribution in [1.82, 2.24) is 9.97 Å². The van der Waals surface area contributed by atoms with Gasteiger partial charge in [-0.3, -0.25) is 0 Å². The monoisotopic (exact) mass is 276 g/mol. The van der Waals surface area contributed by atoms with Crippen molar-refractivity contribution in [3.8, 4) is 0 Å². The Bertz CT molecular complexity index is 632. The van der Waals surface area contributed by atoms with Gasteiger partial charge in [0.15, 0.2) is 10.9 Å². The van der Waals surface area contributed by atoms with Crippen LogP contribution < -0.4 is 11.1 Å². The number of nitrogens with one attached hydrogen (secondary N) is 1. The fraction of sp³-hybridized carbons (Fsp3) is 0.250. The lowest BCUT2D eigenvalue weighted by molar-refractivity contribution is 0.0696. The molecule has 2 aromatic heterocycles. The van der Waals surface area contributed by atoms with Crippen LogP contribution in [0.25, 0.3) is 0 Å². The second-order valence-electron chi connectivity index (χ2n) is 4.33. The van der Waals surface area contributed by atoms with Gasteiger partial charge in [0.05, 0.1) is 16.9 Å². The van der Waals surface area contributed by atoms with E-state index in [1.54, 1.807) is 11.3 Å². The Balaban J connectivity index is 1.84. The molecule has 2 heterocycles.